The molecular weight excluding hydrogens is 250 g/mol. The Morgan fingerprint density at radius 3 is 2.90 bits per heavy atom. The minimum absolute atomic E-state index is 0.257. The number of hydrogen-bond donors (Lipinski definition) is 1. The normalized spacial score (nSPS) is 14.6. The Morgan fingerprint density at radius 2 is 2.15 bits per heavy atom. The summed E-state index contributed by atoms with van der Waals surface area (Å²) in [6.45, 7) is 3.09. The van der Waals surface area contributed by atoms with Crippen LogP contribution < -0.4 is 5.32 Å². The summed E-state index contributed by atoms with van der Waals surface area (Å²) in [7, 11) is 0. The first-order valence-corrected chi connectivity index (χ1v) is 7.49. The molecule has 3 heteroatoms. The number of nitrogens with one attached hydrogen (secondary N) is 1. The number of benzene rings is 1. The molecule has 0 amide bonds. The number of anilines is 1. The van der Waals surface area contributed by atoms with Crippen LogP contribution in [0.1, 0.15) is 49.4 Å². The number of para-hydroxylation sites is 1. The predicted octanol–water partition coefficient (Wildman–Crippen LogP) is 4.17. The van der Waals surface area contributed by atoms with Crippen molar-refractivity contribution in [2.24, 2.45) is 0 Å². The fourth-order valence-electron chi connectivity index (χ4n) is 2.51. The summed E-state index contributed by atoms with van der Waals surface area (Å²) in [4.78, 5) is 11.9. The van der Waals surface area contributed by atoms with Gasteiger partial charge in [0.1, 0.15) is 0 Å². The quantitative estimate of drug-likeness (QED) is 0.624. The highest BCUT2D eigenvalue weighted by Crippen LogP contribution is 2.21. The van der Waals surface area contributed by atoms with Gasteiger partial charge in [0.2, 0.25) is 0 Å². The van der Waals surface area contributed by atoms with Crippen LogP contribution in [0, 0.1) is 0 Å². The number of rotatable bonds is 6. The van der Waals surface area contributed by atoms with Crippen LogP contribution in [-0.2, 0) is 4.74 Å². The Hall–Kier alpha value is -1.77. The molecular formula is C17H23NO2. The van der Waals surface area contributed by atoms with Crippen LogP contribution in [0.25, 0.3) is 0 Å². The van der Waals surface area contributed by atoms with Crippen LogP contribution in [0.4, 0.5) is 5.69 Å². The number of allylic oxidation sites excluding steroid dienone is 1. The van der Waals surface area contributed by atoms with Gasteiger partial charge < -0.3 is 10.1 Å². The molecule has 1 aliphatic carbocycles. The monoisotopic (exact) mass is 273 g/mol. The molecule has 1 aromatic carbocycles. The topological polar surface area (TPSA) is 38.3 Å². The second-order valence-electron chi connectivity index (χ2n) is 5.05. The van der Waals surface area contributed by atoms with E-state index in [-0.39, 0.29) is 5.97 Å². The Bertz CT molecular complexity index is 480. The van der Waals surface area contributed by atoms with Gasteiger partial charge in [0, 0.05) is 12.2 Å². The maximum atomic E-state index is 11.9. The van der Waals surface area contributed by atoms with Crippen molar-refractivity contribution in [2.75, 3.05) is 18.5 Å². The average Bonchev–Trinajstić information content (AvgIpc) is 2.49. The van der Waals surface area contributed by atoms with Gasteiger partial charge >= 0.3 is 5.97 Å². The van der Waals surface area contributed by atoms with E-state index in [0.717, 1.165) is 18.7 Å². The van der Waals surface area contributed by atoms with Crippen molar-refractivity contribution in [3.63, 3.8) is 0 Å². The first-order chi connectivity index (χ1) is 9.81. The van der Waals surface area contributed by atoms with Gasteiger partial charge in [0.25, 0.3) is 0 Å². The second kappa shape index (κ2) is 7.73. The zero-order chi connectivity index (χ0) is 14.2. The Kier molecular flexibility index (Phi) is 5.66. The Morgan fingerprint density at radius 1 is 1.30 bits per heavy atom. The number of esters is 1. The molecule has 0 radical (unpaired) electrons. The zero-order valence-electron chi connectivity index (χ0n) is 12.2. The molecule has 0 aliphatic heterocycles. The van der Waals surface area contributed by atoms with E-state index in [2.05, 4.69) is 11.4 Å². The van der Waals surface area contributed by atoms with Crippen LogP contribution in [-0.4, -0.2) is 19.1 Å². The van der Waals surface area contributed by atoms with Crippen molar-refractivity contribution >= 4 is 11.7 Å². The highest BCUT2D eigenvalue weighted by Gasteiger charge is 2.11. The molecule has 0 heterocycles. The zero-order valence-corrected chi connectivity index (χ0v) is 12.2. The number of ether oxygens (including phenoxy) is 1. The molecule has 108 valence electrons. The van der Waals surface area contributed by atoms with Crippen molar-refractivity contribution in [1.82, 2.24) is 0 Å². The summed E-state index contributed by atoms with van der Waals surface area (Å²) >= 11 is 0. The van der Waals surface area contributed by atoms with Crippen molar-refractivity contribution in [1.29, 1.82) is 0 Å². The van der Waals surface area contributed by atoms with Crippen LogP contribution in [0.3, 0.4) is 0 Å². The fraction of sp³-hybridized carbons (Fsp3) is 0.471. The first kappa shape index (κ1) is 14.6. The molecule has 2 rings (SSSR count). The molecule has 1 aromatic rings. The van der Waals surface area contributed by atoms with Crippen LogP contribution in [0.5, 0.6) is 0 Å². The molecule has 0 bridgehead atoms. The van der Waals surface area contributed by atoms with Gasteiger partial charge in [-0.25, -0.2) is 4.79 Å². The molecule has 0 atom stereocenters. The second-order valence-corrected chi connectivity index (χ2v) is 5.05. The summed E-state index contributed by atoms with van der Waals surface area (Å²) in [6, 6.07) is 7.54. The third-order valence-corrected chi connectivity index (χ3v) is 3.57. The van der Waals surface area contributed by atoms with Gasteiger partial charge in [-0.1, -0.05) is 23.8 Å². The highest BCUT2D eigenvalue weighted by atomic mass is 16.5. The molecule has 0 fully saturated rings. The van der Waals surface area contributed by atoms with E-state index < -0.39 is 0 Å². The van der Waals surface area contributed by atoms with Gasteiger partial charge in [-0.15, -0.1) is 0 Å². The lowest BCUT2D eigenvalue weighted by atomic mass is 9.97. The third kappa shape index (κ3) is 4.12. The van der Waals surface area contributed by atoms with E-state index in [0.29, 0.717) is 12.2 Å². The lowest BCUT2D eigenvalue weighted by molar-refractivity contribution is 0.0527. The molecule has 0 spiro atoms. The Balaban J connectivity index is 1.92. The minimum Gasteiger partial charge on any atom is -0.462 e. The van der Waals surface area contributed by atoms with Crippen LogP contribution in [0.15, 0.2) is 35.9 Å². The Labute approximate surface area is 121 Å². The van der Waals surface area contributed by atoms with E-state index in [1.54, 1.807) is 6.07 Å². The van der Waals surface area contributed by atoms with E-state index in [1.165, 1.54) is 31.3 Å². The third-order valence-electron chi connectivity index (χ3n) is 3.57. The first-order valence-electron chi connectivity index (χ1n) is 7.49. The average molecular weight is 273 g/mol. The molecule has 1 N–H and O–H groups in total. The molecule has 0 unspecified atom stereocenters. The number of hydrogen-bond acceptors (Lipinski definition) is 3. The summed E-state index contributed by atoms with van der Waals surface area (Å²) in [5.74, 6) is -0.257. The fourth-order valence-corrected chi connectivity index (χ4v) is 2.51. The highest BCUT2D eigenvalue weighted by molar-refractivity contribution is 5.95. The van der Waals surface area contributed by atoms with Gasteiger partial charge in [-0.05, 0) is 51.2 Å². The van der Waals surface area contributed by atoms with E-state index in [1.807, 2.05) is 25.1 Å². The van der Waals surface area contributed by atoms with E-state index in [9.17, 15) is 4.79 Å². The van der Waals surface area contributed by atoms with E-state index >= 15 is 0 Å². The van der Waals surface area contributed by atoms with Crippen molar-refractivity contribution in [3.8, 4) is 0 Å². The number of carbonyl (C=O) groups excluding carboxylic acids is 1. The van der Waals surface area contributed by atoms with Crippen LogP contribution in [0.2, 0.25) is 0 Å². The van der Waals surface area contributed by atoms with Crippen LogP contribution >= 0.6 is 0 Å². The predicted molar refractivity (Wildman–Crippen MR) is 82.1 cm³/mol. The van der Waals surface area contributed by atoms with Crippen molar-refractivity contribution < 1.29 is 9.53 Å². The van der Waals surface area contributed by atoms with E-state index in [4.69, 9.17) is 4.74 Å². The van der Waals surface area contributed by atoms with Crippen molar-refractivity contribution in [2.45, 2.75) is 39.0 Å². The maximum absolute atomic E-state index is 11.9. The number of carbonyl (C=O) groups is 1. The largest absolute Gasteiger partial charge is 0.462 e. The molecule has 3 nitrogen and oxygen atoms in total. The minimum atomic E-state index is -0.257. The SMILES string of the molecule is CCOC(=O)c1ccccc1NCCC1=CCCCC1. The summed E-state index contributed by atoms with van der Waals surface area (Å²) in [5, 5.41) is 3.36. The lowest BCUT2D eigenvalue weighted by Gasteiger charge is -2.15. The molecule has 20 heavy (non-hydrogen) atoms. The standard InChI is InChI=1S/C17H23NO2/c1-2-20-17(19)15-10-6-7-11-16(15)18-13-12-14-8-4-3-5-9-14/h6-8,10-11,18H,2-5,9,12-13H2,1H3. The van der Waals surface area contributed by atoms with Gasteiger partial charge in [0.05, 0.1) is 12.2 Å². The molecule has 0 aromatic heterocycles. The smallest absolute Gasteiger partial charge is 0.340 e. The summed E-state index contributed by atoms with van der Waals surface area (Å²) in [6.07, 6.45) is 8.49. The summed E-state index contributed by atoms with van der Waals surface area (Å²) in [5.41, 5.74) is 3.02. The molecule has 0 saturated heterocycles. The van der Waals surface area contributed by atoms with Gasteiger partial charge in [0.15, 0.2) is 0 Å². The van der Waals surface area contributed by atoms with Crippen molar-refractivity contribution in [3.05, 3.63) is 41.5 Å². The lowest BCUT2D eigenvalue weighted by Crippen LogP contribution is -2.11. The molecule has 0 saturated carbocycles. The van der Waals surface area contributed by atoms with Gasteiger partial charge in [-0.2, -0.15) is 0 Å². The summed E-state index contributed by atoms with van der Waals surface area (Å²) < 4.78 is 5.07. The molecule has 1 aliphatic rings. The maximum Gasteiger partial charge on any atom is 0.340 e. The van der Waals surface area contributed by atoms with Gasteiger partial charge in [-0.3, -0.25) is 0 Å².